The molecule has 0 aliphatic carbocycles. The van der Waals surface area contributed by atoms with E-state index in [2.05, 4.69) is 4.98 Å². The summed E-state index contributed by atoms with van der Waals surface area (Å²) in [6, 6.07) is 3.81. The number of rotatable bonds is 3. The van der Waals surface area contributed by atoms with Crippen LogP contribution in [-0.2, 0) is 0 Å². The first kappa shape index (κ1) is 11.5. The van der Waals surface area contributed by atoms with Gasteiger partial charge in [0.1, 0.15) is 0 Å². The summed E-state index contributed by atoms with van der Waals surface area (Å²) in [7, 11) is 0. The van der Waals surface area contributed by atoms with Gasteiger partial charge in [-0.2, -0.15) is 0 Å². The maximum Gasteiger partial charge on any atom is 0.0823 e. The fraction of sp³-hybridized carbons (Fsp3) is 0.333. The van der Waals surface area contributed by atoms with E-state index >= 15 is 0 Å². The Hall–Kier alpha value is -1.03. The number of aliphatic hydroxyl groups excluding tert-OH is 1. The largest absolute Gasteiger partial charge is 0.388 e. The van der Waals surface area contributed by atoms with Crippen LogP contribution in [0.4, 0.5) is 0 Å². The summed E-state index contributed by atoms with van der Waals surface area (Å²) in [5.41, 5.74) is 8.37. The molecule has 0 aliphatic rings. The molecule has 1 aromatic carbocycles. The minimum absolute atomic E-state index is 0.456. The van der Waals surface area contributed by atoms with Crippen molar-refractivity contribution < 1.29 is 5.11 Å². The molecule has 0 radical (unpaired) electrons. The molecule has 0 aliphatic heterocycles. The Kier molecular flexibility index (Phi) is 3.19. The predicted molar refractivity (Wildman–Crippen MR) is 66.7 cm³/mol. The van der Waals surface area contributed by atoms with E-state index in [1.54, 1.807) is 0 Å². The van der Waals surface area contributed by atoms with Gasteiger partial charge in [-0.1, -0.05) is 17.7 Å². The van der Waals surface area contributed by atoms with Crippen LogP contribution in [0.5, 0.6) is 0 Å². The number of nitrogens with two attached hydrogens (primary N) is 1. The van der Waals surface area contributed by atoms with Gasteiger partial charge in [-0.15, -0.1) is 0 Å². The second-order valence-electron chi connectivity index (χ2n) is 3.95. The zero-order valence-electron chi connectivity index (χ0n) is 9.13. The van der Waals surface area contributed by atoms with Crippen molar-refractivity contribution in [3.05, 3.63) is 34.5 Å². The lowest BCUT2D eigenvalue weighted by atomic mass is 10.0. The molecular formula is C12H15ClN2O. The molecular weight excluding hydrogens is 224 g/mol. The van der Waals surface area contributed by atoms with Gasteiger partial charge in [-0.3, -0.25) is 0 Å². The summed E-state index contributed by atoms with van der Waals surface area (Å²) in [6.07, 6.45) is 1.79. The van der Waals surface area contributed by atoms with Gasteiger partial charge in [0, 0.05) is 17.1 Å². The third kappa shape index (κ3) is 1.82. The minimum atomic E-state index is -0.557. The molecule has 86 valence electrons. The van der Waals surface area contributed by atoms with Crippen molar-refractivity contribution in [3.8, 4) is 0 Å². The van der Waals surface area contributed by atoms with E-state index in [1.165, 1.54) is 0 Å². The van der Waals surface area contributed by atoms with Gasteiger partial charge in [-0.05, 0) is 31.5 Å². The van der Waals surface area contributed by atoms with Gasteiger partial charge in [0.15, 0.2) is 0 Å². The van der Waals surface area contributed by atoms with Crippen molar-refractivity contribution in [3.63, 3.8) is 0 Å². The highest BCUT2D eigenvalue weighted by molar-refractivity contribution is 6.35. The van der Waals surface area contributed by atoms with Gasteiger partial charge in [0.2, 0.25) is 0 Å². The minimum Gasteiger partial charge on any atom is -0.388 e. The summed E-state index contributed by atoms with van der Waals surface area (Å²) < 4.78 is 0. The second-order valence-corrected chi connectivity index (χ2v) is 4.36. The Labute approximate surface area is 99.2 Å². The molecule has 0 fully saturated rings. The summed E-state index contributed by atoms with van der Waals surface area (Å²) >= 11 is 6.16. The number of hydrogen-bond acceptors (Lipinski definition) is 2. The quantitative estimate of drug-likeness (QED) is 0.770. The fourth-order valence-corrected chi connectivity index (χ4v) is 2.21. The third-order valence-electron chi connectivity index (χ3n) is 2.82. The monoisotopic (exact) mass is 238 g/mol. The van der Waals surface area contributed by atoms with Crippen molar-refractivity contribution in [2.45, 2.75) is 19.4 Å². The SMILES string of the molecule is Cc1ccc(Cl)c2c(C(O)CCN)c[nH]c12. The smallest absolute Gasteiger partial charge is 0.0823 e. The molecule has 4 heteroatoms. The average molecular weight is 239 g/mol. The maximum absolute atomic E-state index is 9.96. The van der Waals surface area contributed by atoms with Crippen molar-refractivity contribution in [2.24, 2.45) is 5.73 Å². The van der Waals surface area contributed by atoms with Gasteiger partial charge >= 0.3 is 0 Å². The number of aromatic nitrogens is 1. The number of hydrogen-bond donors (Lipinski definition) is 3. The summed E-state index contributed by atoms with van der Waals surface area (Å²) in [5, 5.41) is 11.5. The molecule has 0 spiro atoms. The first-order chi connectivity index (χ1) is 7.65. The Morgan fingerprint density at radius 2 is 2.25 bits per heavy atom. The molecule has 3 nitrogen and oxygen atoms in total. The Morgan fingerprint density at radius 3 is 2.94 bits per heavy atom. The van der Waals surface area contributed by atoms with Crippen molar-refractivity contribution >= 4 is 22.5 Å². The van der Waals surface area contributed by atoms with E-state index in [4.69, 9.17) is 17.3 Å². The zero-order valence-corrected chi connectivity index (χ0v) is 9.88. The van der Waals surface area contributed by atoms with Crippen LogP contribution in [0.3, 0.4) is 0 Å². The molecule has 16 heavy (non-hydrogen) atoms. The molecule has 2 aromatic rings. The molecule has 0 saturated heterocycles. The molecule has 0 bridgehead atoms. The van der Waals surface area contributed by atoms with Crippen LogP contribution in [0.2, 0.25) is 5.02 Å². The summed E-state index contributed by atoms with van der Waals surface area (Å²) in [6.45, 7) is 2.46. The van der Waals surface area contributed by atoms with E-state index in [0.29, 0.717) is 18.0 Å². The lowest BCUT2D eigenvalue weighted by Crippen LogP contribution is -2.06. The number of nitrogens with one attached hydrogen (secondary N) is 1. The van der Waals surface area contributed by atoms with Gasteiger partial charge < -0.3 is 15.8 Å². The number of fused-ring (bicyclic) bond motifs is 1. The number of H-pyrrole nitrogens is 1. The van der Waals surface area contributed by atoms with Crippen LogP contribution >= 0.6 is 11.6 Å². The third-order valence-corrected chi connectivity index (χ3v) is 3.14. The summed E-state index contributed by atoms with van der Waals surface area (Å²) in [5.74, 6) is 0. The molecule has 1 atom stereocenters. The lowest BCUT2D eigenvalue weighted by molar-refractivity contribution is 0.172. The lowest BCUT2D eigenvalue weighted by Gasteiger charge is -2.09. The maximum atomic E-state index is 9.96. The Balaban J connectivity index is 2.59. The average Bonchev–Trinajstić information content (AvgIpc) is 2.69. The normalized spacial score (nSPS) is 13.2. The van der Waals surface area contributed by atoms with Gasteiger partial charge in [-0.25, -0.2) is 0 Å². The highest BCUT2D eigenvalue weighted by Crippen LogP contribution is 2.33. The van der Waals surface area contributed by atoms with Crippen molar-refractivity contribution in [1.82, 2.24) is 4.98 Å². The first-order valence-electron chi connectivity index (χ1n) is 5.29. The zero-order chi connectivity index (χ0) is 11.7. The van der Waals surface area contributed by atoms with E-state index in [-0.39, 0.29) is 0 Å². The molecule has 1 unspecified atom stereocenters. The molecule has 4 N–H and O–H groups in total. The topological polar surface area (TPSA) is 62.0 Å². The van der Waals surface area contributed by atoms with E-state index in [9.17, 15) is 5.11 Å². The molecule has 1 aromatic heterocycles. The van der Waals surface area contributed by atoms with E-state index in [1.807, 2.05) is 25.3 Å². The predicted octanol–water partition coefficient (Wildman–Crippen LogP) is 2.51. The van der Waals surface area contributed by atoms with Crippen LogP contribution in [0.1, 0.15) is 23.7 Å². The number of aryl methyl sites for hydroxylation is 1. The van der Waals surface area contributed by atoms with E-state index in [0.717, 1.165) is 22.0 Å². The summed E-state index contributed by atoms with van der Waals surface area (Å²) in [4.78, 5) is 3.15. The number of halogens is 1. The standard InChI is InChI=1S/C12H15ClN2O/c1-7-2-3-9(13)11-8(6-15-12(7)11)10(16)4-5-14/h2-3,6,10,15-16H,4-5,14H2,1H3. The van der Waals surface area contributed by atoms with Gasteiger partial charge in [0.05, 0.1) is 16.6 Å². The van der Waals surface area contributed by atoms with Crippen molar-refractivity contribution in [2.75, 3.05) is 6.54 Å². The fourth-order valence-electron chi connectivity index (χ4n) is 1.95. The van der Waals surface area contributed by atoms with Crippen LogP contribution in [-0.4, -0.2) is 16.6 Å². The second kappa shape index (κ2) is 4.45. The number of aromatic amines is 1. The Morgan fingerprint density at radius 1 is 1.50 bits per heavy atom. The molecule has 0 saturated carbocycles. The highest BCUT2D eigenvalue weighted by Gasteiger charge is 2.15. The molecule has 1 heterocycles. The molecule has 2 rings (SSSR count). The molecule has 0 amide bonds. The van der Waals surface area contributed by atoms with Crippen LogP contribution in [0.25, 0.3) is 10.9 Å². The highest BCUT2D eigenvalue weighted by atomic mass is 35.5. The van der Waals surface area contributed by atoms with Crippen LogP contribution in [0.15, 0.2) is 18.3 Å². The number of benzene rings is 1. The van der Waals surface area contributed by atoms with Gasteiger partial charge in [0.25, 0.3) is 0 Å². The van der Waals surface area contributed by atoms with Crippen LogP contribution < -0.4 is 5.73 Å². The Bertz CT molecular complexity index is 507. The van der Waals surface area contributed by atoms with Crippen LogP contribution in [0, 0.1) is 6.92 Å². The van der Waals surface area contributed by atoms with Crippen molar-refractivity contribution in [1.29, 1.82) is 0 Å². The van der Waals surface area contributed by atoms with E-state index < -0.39 is 6.10 Å². The first-order valence-corrected chi connectivity index (χ1v) is 5.67. The number of aliphatic hydroxyl groups is 1.